The number of rotatable bonds is 8. The van der Waals surface area contributed by atoms with Crippen LogP contribution < -0.4 is 5.73 Å². The van der Waals surface area contributed by atoms with E-state index in [-0.39, 0.29) is 24.9 Å². The summed E-state index contributed by atoms with van der Waals surface area (Å²) in [4.78, 5) is 13.6. The Morgan fingerprint density at radius 1 is 1.26 bits per heavy atom. The van der Waals surface area contributed by atoms with E-state index in [0.29, 0.717) is 6.54 Å². The summed E-state index contributed by atoms with van der Waals surface area (Å²) >= 11 is 0. The van der Waals surface area contributed by atoms with Gasteiger partial charge < -0.3 is 15.4 Å². The normalized spacial score (nSPS) is 9.79. The van der Waals surface area contributed by atoms with Gasteiger partial charge in [0.15, 0.2) is 0 Å². The summed E-state index contributed by atoms with van der Waals surface area (Å²) in [5, 5.41) is 0. The van der Waals surface area contributed by atoms with Gasteiger partial charge in [0.2, 0.25) is 5.91 Å². The Hall–Kier alpha value is -1.10. The van der Waals surface area contributed by atoms with Gasteiger partial charge in [-0.25, -0.2) is 0 Å². The second-order valence-electron chi connectivity index (χ2n) is 4.20. The number of hydrogen-bond donors (Lipinski definition) is 1. The number of nitrogens with zero attached hydrogens (tertiary/aromatic N) is 1. The molecule has 2 N–H and O–H groups in total. The maximum Gasteiger partial charge on any atom is 0.236 e. The zero-order valence-electron chi connectivity index (χ0n) is 11.4. The van der Waals surface area contributed by atoms with E-state index in [4.69, 9.17) is 10.5 Å². The minimum atomic E-state index is -0.00345. The van der Waals surface area contributed by atoms with Gasteiger partial charge in [-0.3, -0.25) is 4.79 Å². The molecular formula is C14H23ClN2O2. The van der Waals surface area contributed by atoms with Crippen molar-refractivity contribution >= 4 is 18.3 Å². The highest BCUT2D eigenvalue weighted by Crippen LogP contribution is 2.06. The monoisotopic (exact) mass is 286 g/mol. The predicted molar refractivity (Wildman–Crippen MR) is 79.3 cm³/mol. The van der Waals surface area contributed by atoms with E-state index in [1.807, 2.05) is 35.2 Å². The van der Waals surface area contributed by atoms with Crippen LogP contribution in [0.1, 0.15) is 18.4 Å². The van der Waals surface area contributed by atoms with Gasteiger partial charge in [0.25, 0.3) is 0 Å². The van der Waals surface area contributed by atoms with Crippen LogP contribution in [0.4, 0.5) is 0 Å². The third kappa shape index (κ3) is 7.15. The van der Waals surface area contributed by atoms with E-state index < -0.39 is 0 Å². The van der Waals surface area contributed by atoms with Crippen molar-refractivity contribution in [3.05, 3.63) is 35.9 Å². The standard InChI is InChI=1S/C14H22N2O2.ClH/c1-18-10-6-5-9-16(14(17)11-15)12-13-7-3-2-4-8-13;/h2-4,7-8H,5-6,9-12,15H2,1H3;1H. The summed E-state index contributed by atoms with van der Waals surface area (Å²) in [6.45, 7) is 2.16. The predicted octanol–water partition coefficient (Wildman–Crippen LogP) is 1.82. The lowest BCUT2D eigenvalue weighted by atomic mass is 10.2. The molecule has 0 aliphatic carbocycles. The highest BCUT2D eigenvalue weighted by Gasteiger charge is 2.11. The Morgan fingerprint density at radius 3 is 2.53 bits per heavy atom. The molecule has 0 saturated heterocycles. The minimum absolute atomic E-state index is 0. The lowest BCUT2D eigenvalue weighted by Gasteiger charge is -2.22. The third-order valence-corrected chi connectivity index (χ3v) is 2.77. The van der Waals surface area contributed by atoms with Crippen LogP contribution in [0.5, 0.6) is 0 Å². The molecule has 0 unspecified atom stereocenters. The van der Waals surface area contributed by atoms with Crippen molar-refractivity contribution < 1.29 is 9.53 Å². The molecule has 1 aromatic carbocycles. The number of carbonyl (C=O) groups excluding carboxylic acids is 1. The van der Waals surface area contributed by atoms with Crippen LogP contribution >= 0.6 is 12.4 Å². The lowest BCUT2D eigenvalue weighted by Crippen LogP contribution is -2.36. The van der Waals surface area contributed by atoms with Crippen LogP contribution in [0, 0.1) is 0 Å². The number of benzene rings is 1. The topological polar surface area (TPSA) is 55.6 Å². The van der Waals surface area contributed by atoms with Gasteiger partial charge in [-0.2, -0.15) is 0 Å². The molecule has 1 rings (SSSR count). The number of nitrogens with two attached hydrogens (primary N) is 1. The quantitative estimate of drug-likeness (QED) is 0.742. The van der Waals surface area contributed by atoms with E-state index in [1.165, 1.54) is 0 Å². The molecule has 0 saturated carbocycles. The fraction of sp³-hybridized carbons (Fsp3) is 0.500. The van der Waals surface area contributed by atoms with E-state index in [9.17, 15) is 4.79 Å². The van der Waals surface area contributed by atoms with Gasteiger partial charge >= 0.3 is 0 Å². The largest absolute Gasteiger partial charge is 0.385 e. The molecule has 0 aromatic heterocycles. The highest BCUT2D eigenvalue weighted by atomic mass is 35.5. The third-order valence-electron chi connectivity index (χ3n) is 2.77. The number of halogens is 1. The molecule has 1 aromatic rings. The van der Waals surface area contributed by atoms with E-state index in [1.54, 1.807) is 7.11 Å². The summed E-state index contributed by atoms with van der Waals surface area (Å²) in [5.41, 5.74) is 6.57. The van der Waals surface area contributed by atoms with Crippen molar-refractivity contribution in [3.63, 3.8) is 0 Å². The first-order valence-electron chi connectivity index (χ1n) is 6.28. The molecule has 4 nitrogen and oxygen atoms in total. The minimum Gasteiger partial charge on any atom is -0.385 e. The first-order chi connectivity index (χ1) is 8.77. The zero-order chi connectivity index (χ0) is 13.2. The maximum atomic E-state index is 11.7. The number of carbonyl (C=O) groups is 1. The molecule has 0 aliphatic heterocycles. The van der Waals surface area contributed by atoms with Crippen molar-refractivity contribution in [2.45, 2.75) is 19.4 Å². The Bertz CT molecular complexity index is 347. The average Bonchev–Trinajstić information content (AvgIpc) is 2.42. The maximum absolute atomic E-state index is 11.7. The van der Waals surface area contributed by atoms with Crippen LogP contribution in [0.2, 0.25) is 0 Å². The van der Waals surface area contributed by atoms with Crippen LogP contribution in [-0.2, 0) is 16.1 Å². The number of hydrogen-bond acceptors (Lipinski definition) is 3. The molecule has 19 heavy (non-hydrogen) atoms. The molecule has 0 fully saturated rings. The van der Waals surface area contributed by atoms with Gasteiger partial charge in [-0.15, -0.1) is 12.4 Å². The first-order valence-corrected chi connectivity index (χ1v) is 6.28. The van der Waals surface area contributed by atoms with Crippen molar-refractivity contribution in [2.75, 3.05) is 26.8 Å². The second kappa shape index (κ2) is 10.8. The fourth-order valence-electron chi connectivity index (χ4n) is 1.77. The Morgan fingerprint density at radius 2 is 1.95 bits per heavy atom. The number of ether oxygens (including phenoxy) is 1. The van der Waals surface area contributed by atoms with Crippen LogP contribution in [0.15, 0.2) is 30.3 Å². The van der Waals surface area contributed by atoms with Crippen LogP contribution in [-0.4, -0.2) is 37.6 Å². The molecule has 1 amide bonds. The van der Waals surface area contributed by atoms with E-state index in [2.05, 4.69) is 0 Å². The smallest absolute Gasteiger partial charge is 0.236 e. The SMILES string of the molecule is COCCCCN(Cc1ccccc1)C(=O)CN.Cl. The summed E-state index contributed by atoms with van der Waals surface area (Å²) in [6, 6.07) is 9.96. The van der Waals surface area contributed by atoms with Gasteiger partial charge in [0.05, 0.1) is 6.54 Å². The molecule has 0 radical (unpaired) electrons. The van der Waals surface area contributed by atoms with Gasteiger partial charge in [0.1, 0.15) is 0 Å². The Labute approximate surface area is 121 Å². The van der Waals surface area contributed by atoms with Gasteiger partial charge in [-0.1, -0.05) is 30.3 Å². The number of unbranched alkanes of at least 4 members (excludes halogenated alkanes) is 1. The molecule has 0 aliphatic rings. The van der Waals surface area contributed by atoms with Crippen molar-refractivity contribution in [2.24, 2.45) is 5.73 Å². The summed E-state index contributed by atoms with van der Waals surface area (Å²) in [5.74, 6) is -0.00345. The van der Waals surface area contributed by atoms with Crippen molar-refractivity contribution in [1.29, 1.82) is 0 Å². The zero-order valence-corrected chi connectivity index (χ0v) is 12.2. The second-order valence-corrected chi connectivity index (χ2v) is 4.20. The molecular weight excluding hydrogens is 264 g/mol. The van der Waals surface area contributed by atoms with Gasteiger partial charge in [0, 0.05) is 26.8 Å². The van der Waals surface area contributed by atoms with Crippen molar-refractivity contribution in [3.8, 4) is 0 Å². The fourth-order valence-corrected chi connectivity index (χ4v) is 1.77. The average molecular weight is 287 g/mol. The molecule has 0 heterocycles. The molecule has 108 valence electrons. The number of amides is 1. The summed E-state index contributed by atoms with van der Waals surface area (Å²) < 4.78 is 5.00. The number of methoxy groups -OCH3 is 1. The highest BCUT2D eigenvalue weighted by molar-refractivity contribution is 5.85. The molecule has 0 bridgehead atoms. The summed E-state index contributed by atoms with van der Waals surface area (Å²) in [6.07, 6.45) is 1.89. The lowest BCUT2D eigenvalue weighted by molar-refractivity contribution is -0.130. The molecule has 0 spiro atoms. The van der Waals surface area contributed by atoms with Crippen molar-refractivity contribution in [1.82, 2.24) is 4.90 Å². The van der Waals surface area contributed by atoms with Crippen LogP contribution in [0.25, 0.3) is 0 Å². The van der Waals surface area contributed by atoms with Crippen LogP contribution in [0.3, 0.4) is 0 Å². The Kier molecular flexibility index (Phi) is 10.2. The first kappa shape index (κ1) is 17.9. The molecule has 5 heteroatoms. The summed E-state index contributed by atoms with van der Waals surface area (Å²) in [7, 11) is 1.69. The van der Waals surface area contributed by atoms with Gasteiger partial charge in [-0.05, 0) is 18.4 Å². The van der Waals surface area contributed by atoms with E-state index >= 15 is 0 Å². The molecule has 0 atom stereocenters. The van der Waals surface area contributed by atoms with E-state index in [0.717, 1.165) is 31.6 Å². The Balaban J connectivity index is 0.00000324.